The summed E-state index contributed by atoms with van der Waals surface area (Å²) in [6.07, 6.45) is 4.08. The number of para-hydroxylation sites is 1. The molecule has 32 heavy (non-hydrogen) atoms. The van der Waals surface area contributed by atoms with Crippen LogP contribution < -0.4 is 10.1 Å². The molecule has 6 heteroatoms. The van der Waals surface area contributed by atoms with E-state index in [9.17, 15) is 9.65 Å². The van der Waals surface area contributed by atoms with E-state index in [1.54, 1.807) is 24.4 Å². The number of rotatable bonds is 4. The zero-order valence-corrected chi connectivity index (χ0v) is 17.4. The summed E-state index contributed by atoms with van der Waals surface area (Å²) in [5.74, 6) is 0.320. The molecule has 0 aliphatic carbocycles. The number of benzene rings is 3. The minimum Gasteiger partial charge on any atom is -0.453 e. The van der Waals surface area contributed by atoms with E-state index in [1.807, 2.05) is 6.07 Å². The van der Waals surface area contributed by atoms with E-state index >= 15 is 0 Å². The van der Waals surface area contributed by atoms with E-state index in [1.165, 1.54) is 23.8 Å². The van der Waals surface area contributed by atoms with Crippen LogP contribution in [0.1, 0.15) is 29.9 Å². The lowest BCUT2D eigenvalue weighted by molar-refractivity contribution is 0.441. The molecule has 0 amide bonds. The molecule has 2 heterocycles. The van der Waals surface area contributed by atoms with Crippen LogP contribution in [-0.4, -0.2) is 23.1 Å². The minimum atomic E-state index is -0.585. The lowest BCUT2D eigenvalue weighted by Crippen LogP contribution is -2.26. The van der Waals surface area contributed by atoms with Crippen LogP contribution in [0.25, 0.3) is 22.3 Å². The van der Waals surface area contributed by atoms with Crippen molar-refractivity contribution in [3.63, 3.8) is 0 Å². The fourth-order valence-electron chi connectivity index (χ4n) is 4.09. The summed E-state index contributed by atoms with van der Waals surface area (Å²) in [4.78, 5) is 9.26. The largest absolute Gasteiger partial charge is 0.453 e. The molecule has 3 aromatic carbocycles. The third-order valence-electron chi connectivity index (χ3n) is 5.84. The number of ether oxygens (including phenoxy) is 1. The molecule has 0 unspecified atom stereocenters. The van der Waals surface area contributed by atoms with Gasteiger partial charge >= 0.3 is 0 Å². The van der Waals surface area contributed by atoms with Crippen LogP contribution >= 0.6 is 0 Å². The molecule has 158 valence electrons. The van der Waals surface area contributed by atoms with E-state index in [0.29, 0.717) is 22.7 Å². The maximum Gasteiger partial charge on any atom is 0.180 e. The number of piperidine rings is 1. The maximum absolute atomic E-state index is 14.2. The SMILES string of the molecule is N#Cc1cccc(F)c1Oc1ccc2ncc(-c3ccc(C4CCNCC4)cc3)nc2c1. The highest BCUT2D eigenvalue weighted by molar-refractivity contribution is 5.78. The van der Waals surface area contributed by atoms with E-state index in [2.05, 4.69) is 34.6 Å². The Balaban J connectivity index is 1.43. The molecule has 0 spiro atoms. The van der Waals surface area contributed by atoms with Crippen LogP contribution in [-0.2, 0) is 0 Å². The van der Waals surface area contributed by atoms with Crippen LogP contribution in [0.15, 0.2) is 66.9 Å². The fraction of sp³-hybridized carbons (Fsp3) is 0.192. The molecule has 1 aliphatic rings. The molecule has 1 saturated heterocycles. The zero-order valence-electron chi connectivity index (χ0n) is 17.4. The molecule has 0 atom stereocenters. The van der Waals surface area contributed by atoms with Crippen LogP contribution in [0, 0.1) is 17.1 Å². The Labute approximate surface area is 185 Å². The number of fused-ring (bicyclic) bond motifs is 1. The Morgan fingerprint density at radius 3 is 2.59 bits per heavy atom. The number of nitrogens with zero attached hydrogens (tertiary/aromatic N) is 3. The van der Waals surface area contributed by atoms with E-state index < -0.39 is 5.82 Å². The van der Waals surface area contributed by atoms with Gasteiger partial charge in [0, 0.05) is 11.6 Å². The minimum absolute atomic E-state index is 0.0908. The van der Waals surface area contributed by atoms with Gasteiger partial charge in [0.1, 0.15) is 11.8 Å². The number of hydrogen-bond acceptors (Lipinski definition) is 5. The monoisotopic (exact) mass is 424 g/mol. The molecule has 1 aliphatic heterocycles. The molecule has 5 nitrogen and oxygen atoms in total. The topological polar surface area (TPSA) is 70.8 Å². The van der Waals surface area contributed by atoms with Gasteiger partial charge in [-0.15, -0.1) is 0 Å². The summed E-state index contributed by atoms with van der Waals surface area (Å²) in [6, 6.07) is 19.9. The van der Waals surface area contributed by atoms with E-state index in [4.69, 9.17) is 9.72 Å². The second kappa shape index (κ2) is 8.74. The van der Waals surface area contributed by atoms with Gasteiger partial charge in [-0.1, -0.05) is 30.3 Å². The van der Waals surface area contributed by atoms with E-state index in [0.717, 1.165) is 37.2 Å². The fourth-order valence-corrected chi connectivity index (χ4v) is 4.09. The van der Waals surface area contributed by atoms with Gasteiger partial charge in [0.05, 0.1) is 28.5 Å². The van der Waals surface area contributed by atoms with Crippen molar-refractivity contribution in [3.05, 3.63) is 83.8 Å². The summed E-state index contributed by atoms with van der Waals surface area (Å²) in [5.41, 5.74) is 4.59. The van der Waals surface area contributed by atoms with Crippen molar-refractivity contribution >= 4 is 11.0 Å². The molecule has 0 saturated carbocycles. The highest BCUT2D eigenvalue weighted by Gasteiger charge is 2.15. The first-order valence-electron chi connectivity index (χ1n) is 10.7. The Morgan fingerprint density at radius 2 is 1.81 bits per heavy atom. The molecule has 1 N–H and O–H groups in total. The van der Waals surface area contributed by atoms with Crippen molar-refractivity contribution in [1.82, 2.24) is 15.3 Å². The normalized spacial score (nSPS) is 14.2. The first-order valence-corrected chi connectivity index (χ1v) is 10.7. The molecule has 0 bridgehead atoms. The molecular formula is C26H21FN4O. The smallest absolute Gasteiger partial charge is 0.180 e. The van der Waals surface area contributed by atoms with Crippen LogP contribution in [0.4, 0.5) is 4.39 Å². The lowest BCUT2D eigenvalue weighted by Gasteiger charge is -2.23. The summed E-state index contributed by atoms with van der Waals surface area (Å²) < 4.78 is 19.9. The third-order valence-corrected chi connectivity index (χ3v) is 5.84. The maximum atomic E-state index is 14.2. The van der Waals surface area contributed by atoms with Crippen molar-refractivity contribution in [2.45, 2.75) is 18.8 Å². The zero-order chi connectivity index (χ0) is 21.9. The van der Waals surface area contributed by atoms with Crippen molar-refractivity contribution < 1.29 is 9.13 Å². The van der Waals surface area contributed by atoms with Gasteiger partial charge in [0.2, 0.25) is 0 Å². The highest BCUT2D eigenvalue weighted by atomic mass is 19.1. The van der Waals surface area contributed by atoms with Crippen molar-refractivity contribution in [2.24, 2.45) is 0 Å². The lowest BCUT2D eigenvalue weighted by atomic mass is 9.89. The van der Waals surface area contributed by atoms with Gasteiger partial charge in [-0.2, -0.15) is 5.26 Å². The van der Waals surface area contributed by atoms with Crippen molar-refractivity contribution in [3.8, 4) is 28.8 Å². The van der Waals surface area contributed by atoms with Crippen LogP contribution in [0.3, 0.4) is 0 Å². The third kappa shape index (κ3) is 4.03. The summed E-state index contributed by atoms with van der Waals surface area (Å²) in [5, 5.41) is 12.6. The first-order chi connectivity index (χ1) is 15.7. The first kappa shape index (κ1) is 20.1. The van der Waals surface area contributed by atoms with E-state index in [-0.39, 0.29) is 11.3 Å². The molecule has 1 fully saturated rings. The van der Waals surface area contributed by atoms with Gasteiger partial charge < -0.3 is 10.1 Å². The molecular weight excluding hydrogens is 403 g/mol. The predicted octanol–water partition coefficient (Wildman–Crippen LogP) is 5.57. The second-order valence-corrected chi connectivity index (χ2v) is 7.88. The van der Waals surface area contributed by atoms with Crippen molar-refractivity contribution in [2.75, 3.05) is 13.1 Å². The Morgan fingerprint density at radius 1 is 1.00 bits per heavy atom. The van der Waals surface area contributed by atoms with Crippen molar-refractivity contribution in [1.29, 1.82) is 5.26 Å². The summed E-state index contributed by atoms with van der Waals surface area (Å²) in [7, 11) is 0. The second-order valence-electron chi connectivity index (χ2n) is 7.88. The molecule has 0 radical (unpaired) electrons. The molecule has 5 rings (SSSR count). The van der Waals surface area contributed by atoms with Gasteiger partial charge in [0.15, 0.2) is 11.6 Å². The quantitative estimate of drug-likeness (QED) is 0.464. The number of nitriles is 1. The Bertz CT molecular complexity index is 1310. The highest BCUT2D eigenvalue weighted by Crippen LogP contribution is 2.31. The van der Waals surface area contributed by atoms with Crippen LogP contribution in [0.5, 0.6) is 11.5 Å². The number of nitrogens with one attached hydrogen (secondary N) is 1. The average molecular weight is 424 g/mol. The summed E-state index contributed by atoms with van der Waals surface area (Å²) in [6.45, 7) is 2.13. The number of aromatic nitrogens is 2. The standard InChI is InChI=1S/C26H21FN4O/c27-22-3-1-2-20(15-28)26(22)32-21-8-9-23-24(14-21)31-25(16-30-23)19-6-4-17(5-7-19)18-10-12-29-13-11-18/h1-9,14,16,18,29H,10-13H2. The predicted molar refractivity (Wildman–Crippen MR) is 121 cm³/mol. The van der Waals surface area contributed by atoms with Crippen LogP contribution in [0.2, 0.25) is 0 Å². The molecule has 4 aromatic rings. The Hall–Kier alpha value is -3.82. The molecule has 1 aromatic heterocycles. The van der Waals surface area contributed by atoms with Gasteiger partial charge in [0.25, 0.3) is 0 Å². The van der Waals surface area contributed by atoms with Gasteiger partial charge in [-0.05, 0) is 61.7 Å². The summed E-state index contributed by atoms with van der Waals surface area (Å²) >= 11 is 0. The number of halogens is 1. The van der Waals surface area contributed by atoms with Gasteiger partial charge in [-0.25, -0.2) is 9.37 Å². The average Bonchev–Trinajstić information content (AvgIpc) is 2.85. The van der Waals surface area contributed by atoms with Gasteiger partial charge in [-0.3, -0.25) is 4.98 Å². The Kier molecular flexibility index (Phi) is 5.49. The number of hydrogen-bond donors (Lipinski definition) is 1.